The molecular weight excluding hydrogens is 274 g/mol. The van der Waals surface area contributed by atoms with Crippen LogP contribution < -0.4 is 0 Å². The molecular formula is C18H9N3O. The highest BCUT2D eigenvalue weighted by atomic mass is 16.3. The van der Waals surface area contributed by atoms with Crippen molar-refractivity contribution in [1.29, 1.82) is 5.26 Å². The fraction of sp³-hybridized carbons (Fsp3) is 0. The van der Waals surface area contributed by atoms with Gasteiger partial charge in [-0.05, 0) is 24.3 Å². The maximum atomic E-state index is 8.89. The molecule has 0 aliphatic carbocycles. The van der Waals surface area contributed by atoms with Crippen molar-refractivity contribution in [3.63, 3.8) is 0 Å². The quantitative estimate of drug-likeness (QED) is 0.563. The highest BCUT2D eigenvalue weighted by molar-refractivity contribution is 5.77. The molecule has 0 bridgehead atoms. The van der Waals surface area contributed by atoms with E-state index in [4.69, 9.17) is 9.68 Å². The number of fused-ring (bicyclic) bond motifs is 1. The fourth-order valence-electron chi connectivity index (χ4n) is 2.39. The van der Waals surface area contributed by atoms with Crippen LogP contribution in [0.25, 0.3) is 28.4 Å². The van der Waals surface area contributed by atoms with Crippen LogP contribution in [0.4, 0.5) is 0 Å². The summed E-state index contributed by atoms with van der Waals surface area (Å²) < 4.78 is 7.16. The van der Waals surface area contributed by atoms with Crippen LogP contribution >= 0.6 is 0 Å². The van der Waals surface area contributed by atoms with Crippen LogP contribution in [0.2, 0.25) is 0 Å². The fourth-order valence-corrected chi connectivity index (χ4v) is 2.39. The minimum Gasteiger partial charge on any atom is -0.384 e. The molecule has 4 nitrogen and oxygen atoms in total. The number of rotatable bonds is 2. The second-order valence-electron chi connectivity index (χ2n) is 4.80. The van der Waals surface area contributed by atoms with E-state index in [0.29, 0.717) is 17.1 Å². The molecule has 0 unspecified atom stereocenters. The second kappa shape index (κ2) is 4.80. The number of hydrogen-bond donors (Lipinski definition) is 0. The molecule has 0 saturated heterocycles. The smallest absolute Gasteiger partial charge is 0.251 e. The molecule has 0 atom stereocenters. The Hall–Kier alpha value is -3.50. The number of nitrogens with zero attached hydrogens (tertiary/aromatic N) is 3. The average molecular weight is 283 g/mol. The van der Waals surface area contributed by atoms with E-state index in [-0.39, 0.29) is 0 Å². The van der Waals surface area contributed by atoms with Crippen LogP contribution in [0.3, 0.4) is 0 Å². The Kier molecular flexibility index (Phi) is 2.68. The number of hydrogen-bond acceptors (Lipinski definition) is 3. The molecule has 2 aromatic carbocycles. The van der Waals surface area contributed by atoms with Crippen molar-refractivity contribution >= 4 is 5.71 Å². The Morgan fingerprint density at radius 2 is 1.77 bits per heavy atom. The van der Waals surface area contributed by atoms with E-state index in [0.717, 1.165) is 16.8 Å². The zero-order valence-electron chi connectivity index (χ0n) is 11.4. The molecule has 2 aromatic heterocycles. The summed E-state index contributed by atoms with van der Waals surface area (Å²) in [5.41, 5.74) is 3.82. The molecule has 0 radical (unpaired) electrons. The van der Waals surface area contributed by atoms with Crippen molar-refractivity contribution in [2.45, 2.75) is 0 Å². The molecule has 102 valence electrons. The first-order valence-corrected chi connectivity index (χ1v) is 6.73. The van der Waals surface area contributed by atoms with Crippen LogP contribution in [0.15, 0.2) is 59.0 Å². The van der Waals surface area contributed by atoms with E-state index in [9.17, 15) is 0 Å². The molecule has 4 heteroatoms. The first-order valence-electron chi connectivity index (χ1n) is 6.73. The highest BCUT2D eigenvalue weighted by Crippen LogP contribution is 2.29. The standard InChI is InChI=1S/C18H9N3O/c19-12-13-6-8-15(9-7-13)17-20-16(14-4-2-1-3-5-14)18-21(17)10-11-22-18/h1-9H. The summed E-state index contributed by atoms with van der Waals surface area (Å²) in [7, 11) is 0. The molecule has 2 heterocycles. The van der Waals surface area contributed by atoms with Gasteiger partial charge >= 0.3 is 0 Å². The van der Waals surface area contributed by atoms with Gasteiger partial charge in [-0.3, -0.25) is 0 Å². The summed E-state index contributed by atoms with van der Waals surface area (Å²) in [6.45, 7) is 0. The van der Waals surface area contributed by atoms with Crippen molar-refractivity contribution in [2.24, 2.45) is 0 Å². The van der Waals surface area contributed by atoms with Gasteiger partial charge in [0.2, 0.25) is 0 Å². The normalized spacial score (nSPS) is 10.3. The molecule has 0 spiro atoms. The lowest BCUT2D eigenvalue weighted by atomic mass is 10.1. The Morgan fingerprint density at radius 1 is 1.00 bits per heavy atom. The Balaban J connectivity index is 1.92. The minimum absolute atomic E-state index is 0.602. The van der Waals surface area contributed by atoms with Gasteiger partial charge in [0.05, 0.1) is 17.8 Å². The topological polar surface area (TPSA) is 54.2 Å². The number of aromatic nitrogens is 2. The molecule has 0 fully saturated rings. The van der Waals surface area contributed by atoms with Gasteiger partial charge in [0.15, 0.2) is 5.82 Å². The molecule has 0 amide bonds. The predicted molar refractivity (Wildman–Crippen MR) is 80.7 cm³/mol. The third-order valence-electron chi connectivity index (χ3n) is 3.46. The van der Waals surface area contributed by atoms with Crippen LogP contribution in [0, 0.1) is 23.8 Å². The van der Waals surface area contributed by atoms with Gasteiger partial charge in [0.1, 0.15) is 12.0 Å². The van der Waals surface area contributed by atoms with Gasteiger partial charge in [0.25, 0.3) is 5.71 Å². The van der Waals surface area contributed by atoms with E-state index >= 15 is 0 Å². The van der Waals surface area contributed by atoms with Gasteiger partial charge in [-0.1, -0.05) is 30.3 Å². The van der Waals surface area contributed by atoms with Crippen LogP contribution in [0.1, 0.15) is 5.56 Å². The van der Waals surface area contributed by atoms with Crippen molar-refractivity contribution < 1.29 is 4.42 Å². The third kappa shape index (κ3) is 1.83. The van der Waals surface area contributed by atoms with Gasteiger partial charge in [-0.2, -0.15) is 5.26 Å². The zero-order chi connectivity index (χ0) is 14.9. The summed E-state index contributed by atoms with van der Waals surface area (Å²) in [5, 5.41) is 8.89. The second-order valence-corrected chi connectivity index (χ2v) is 4.80. The van der Waals surface area contributed by atoms with Crippen LogP contribution in [0.5, 0.6) is 0 Å². The van der Waals surface area contributed by atoms with Gasteiger partial charge in [-0.25, -0.2) is 9.38 Å². The summed E-state index contributed by atoms with van der Waals surface area (Å²) in [6.07, 6.45) is 5.53. The van der Waals surface area contributed by atoms with Crippen molar-refractivity contribution in [3.05, 3.63) is 72.6 Å². The van der Waals surface area contributed by atoms with E-state index in [1.165, 1.54) is 0 Å². The van der Waals surface area contributed by atoms with E-state index in [1.807, 2.05) is 42.5 Å². The molecule has 0 N–H and O–H groups in total. The van der Waals surface area contributed by atoms with E-state index in [1.54, 1.807) is 16.5 Å². The first-order chi connectivity index (χ1) is 10.9. The number of benzene rings is 2. The van der Waals surface area contributed by atoms with Crippen LogP contribution in [-0.4, -0.2) is 9.38 Å². The molecule has 22 heavy (non-hydrogen) atoms. The Labute approximate surface area is 126 Å². The summed E-state index contributed by atoms with van der Waals surface area (Å²) >= 11 is 0. The van der Waals surface area contributed by atoms with Gasteiger partial charge in [-0.15, -0.1) is 0 Å². The van der Waals surface area contributed by atoms with E-state index in [2.05, 4.69) is 23.5 Å². The van der Waals surface area contributed by atoms with Crippen molar-refractivity contribution in [2.75, 3.05) is 0 Å². The number of imidazole rings is 1. The average Bonchev–Trinajstić information content (AvgIpc) is 3.18. The van der Waals surface area contributed by atoms with Gasteiger partial charge < -0.3 is 4.42 Å². The van der Waals surface area contributed by atoms with Crippen molar-refractivity contribution in [3.8, 4) is 28.7 Å². The van der Waals surface area contributed by atoms with Crippen molar-refractivity contribution in [1.82, 2.24) is 9.38 Å². The predicted octanol–water partition coefficient (Wildman–Crippen LogP) is 3.73. The maximum absolute atomic E-state index is 8.89. The highest BCUT2D eigenvalue weighted by Gasteiger charge is 2.16. The maximum Gasteiger partial charge on any atom is 0.251 e. The minimum atomic E-state index is 0.602. The molecule has 0 aliphatic heterocycles. The monoisotopic (exact) mass is 283 g/mol. The van der Waals surface area contributed by atoms with Gasteiger partial charge in [0, 0.05) is 11.1 Å². The molecule has 4 aromatic rings. The van der Waals surface area contributed by atoms with E-state index < -0.39 is 0 Å². The third-order valence-corrected chi connectivity index (χ3v) is 3.46. The summed E-state index contributed by atoms with van der Waals surface area (Å²) in [6, 6.07) is 19.2. The van der Waals surface area contributed by atoms with Crippen LogP contribution in [-0.2, 0) is 0 Å². The largest absolute Gasteiger partial charge is 0.384 e. The molecule has 4 rings (SSSR count). The zero-order valence-corrected chi connectivity index (χ0v) is 11.4. The lowest BCUT2D eigenvalue weighted by Crippen LogP contribution is -1.86. The first kappa shape index (κ1) is 12.3. The SMILES string of the molecule is N#Cc1ccc(-c2nc(-c3ccccc3)c3oc#cn23)cc1. The number of nitriles is 1. The summed E-state index contributed by atoms with van der Waals surface area (Å²) in [5.74, 6) is 0.711. The Morgan fingerprint density at radius 3 is 2.50 bits per heavy atom. The molecule has 0 aliphatic rings. The molecule has 0 saturated carbocycles. The summed E-state index contributed by atoms with van der Waals surface area (Å²) in [4.78, 5) is 4.68. The lowest BCUT2D eigenvalue weighted by Gasteiger charge is -1.97. The Bertz CT molecular complexity index is 973. The lowest BCUT2D eigenvalue weighted by molar-refractivity contribution is 0.606.